The fraction of sp³-hybridized carbons (Fsp3) is 0.444. The average molecular weight is 363 g/mol. The van der Waals surface area contributed by atoms with Crippen molar-refractivity contribution < 1.29 is 13.6 Å². The third-order valence-electron chi connectivity index (χ3n) is 4.46. The van der Waals surface area contributed by atoms with Gasteiger partial charge in [0.15, 0.2) is 0 Å². The number of benzene rings is 1. The first-order valence-electron chi connectivity index (χ1n) is 8.72. The Bertz CT molecular complexity index is 707. The summed E-state index contributed by atoms with van der Waals surface area (Å²) in [6.45, 7) is -0.0767. The number of likely N-dealkylation sites (tertiary alicyclic amines) is 1. The van der Waals surface area contributed by atoms with E-state index in [-0.39, 0.29) is 24.4 Å². The van der Waals surface area contributed by atoms with Gasteiger partial charge in [0.25, 0.3) is 0 Å². The maximum absolute atomic E-state index is 12.8. The standard InChI is InChI=1S/C18H23F2N5O/c19-17(20)25-10-8-21-16(25)11-22-18(26)23-15-7-4-9-24(13-15)12-14-5-2-1-3-6-14/h1-3,5-6,8,10,15,17H,4,7,9,11-13H2,(H2,22,23,26). The molecule has 6 nitrogen and oxygen atoms in total. The van der Waals surface area contributed by atoms with Crippen LogP contribution in [0.15, 0.2) is 42.7 Å². The second-order valence-corrected chi connectivity index (χ2v) is 6.42. The van der Waals surface area contributed by atoms with E-state index in [1.807, 2.05) is 18.2 Å². The van der Waals surface area contributed by atoms with Crippen LogP contribution >= 0.6 is 0 Å². The fourth-order valence-corrected chi connectivity index (χ4v) is 3.21. The van der Waals surface area contributed by atoms with Crippen LogP contribution in [0.4, 0.5) is 13.6 Å². The first kappa shape index (κ1) is 18.3. The predicted molar refractivity (Wildman–Crippen MR) is 93.6 cm³/mol. The van der Waals surface area contributed by atoms with E-state index in [1.165, 1.54) is 18.0 Å². The van der Waals surface area contributed by atoms with Crippen molar-refractivity contribution in [3.05, 3.63) is 54.1 Å². The van der Waals surface area contributed by atoms with E-state index < -0.39 is 6.55 Å². The van der Waals surface area contributed by atoms with Crippen LogP contribution in [0.25, 0.3) is 0 Å². The summed E-state index contributed by atoms with van der Waals surface area (Å²) >= 11 is 0. The smallest absolute Gasteiger partial charge is 0.319 e. The van der Waals surface area contributed by atoms with Crippen molar-refractivity contribution in [3.8, 4) is 0 Å². The number of alkyl halides is 2. The zero-order chi connectivity index (χ0) is 18.4. The molecular weight excluding hydrogens is 340 g/mol. The number of amides is 2. The van der Waals surface area contributed by atoms with Gasteiger partial charge in [-0.1, -0.05) is 30.3 Å². The molecule has 0 spiro atoms. The molecule has 140 valence electrons. The van der Waals surface area contributed by atoms with Crippen LogP contribution < -0.4 is 10.6 Å². The lowest BCUT2D eigenvalue weighted by molar-refractivity contribution is 0.0667. The summed E-state index contributed by atoms with van der Waals surface area (Å²) < 4.78 is 26.3. The zero-order valence-corrected chi connectivity index (χ0v) is 14.4. The van der Waals surface area contributed by atoms with E-state index in [9.17, 15) is 13.6 Å². The Hall–Kier alpha value is -2.48. The quantitative estimate of drug-likeness (QED) is 0.830. The first-order valence-corrected chi connectivity index (χ1v) is 8.72. The number of urea groups is 1. The van der Waals surface area contributed by atoms with E-state index in [0.717, 1.165) is 37.0 Å². The number of rotatable bonds is 6. The first-order chi connectivity index (χ1) is 12.6. The number of carbonyl (C=O) groups excluding carboxylic acids is 1. The van der Waals surface area contributed by atoms with Crippen molar-refractivity contribution in [2.24, 2.45) is 0 Å². The minimum atomic E-state index is -2.66. The van der Waals surface area contributed by atoms with Gasteiger partial charge in [-0.3, -0.25) is 9.47 Å². The number of aromatic nitrogens is 2. The Kier molecular flexibility index (Phi) is 6.17. The monoisotopic (exact) mass is 363 g/mol. The summed E-state index contributed by atoms with van der Waals surface area (Å²) in [5.74, 6) is 0.129. The molecule has 2 heterocycles. The SMILES string of the molecule is O=C(NCc1nccn1C(F)F)NC1CCCN(Cc2ccccc2)C1. The number of imidazole rings is 1. The lowest BCUT2D eigenvalue weighted by Crippen LogP contribution is -2.50. The van der Waals surface area contributed by atoms with Gasteiger partial charge in [-0.15, -0.1) is 0 Å². The van der Waals surface area contributed by atoms with Gasteiger partial charge in [-0.05, 0) is 24.9 Å². The van der Waals surface area contributed by atoms with E-state index in [2.05, 4.69) is 32.7 Å². The van der Waals surface area contributed by atoms with Crippen LogP contribution in [-0.2, 0) is 13.1 Å². The number of piperidine rings is 1. The maximum Gasteiger partial charge on any atom is 0.319 e. The van der Waals surface area contributed by atoms with E-state index in [0.29, 0.717) is 0 Å². The summed E-state index contributed by atoms with van der Waals surface area (Å²) in [7, 11) is 0. The molecule has 0 saturated carbocycles. The fourth-order valence-electron chi connectivity index (χ4n) is 3.21. The van der Waals surface area contributed by atoms with Crippen LogP contribution in [0.1, 0.15) is 30.8 Å². The van der Waals surface area contributed by atoms with Gasteiger partial charge in [0.1, 0.15) is 5.82 Å². The Morgan fingerprint density at radius 3 is 2.88 bits per heavy atom. The van der Waals surface area contributed by atoms with Crippen LogP contribution in [0.3, 0.4) is 0 Å². The molecule has 2 N–H and O–H groups in total. The van der Waals surface area contributed by atoms with E-state index in [4.69, 9.17) is 0 Å². The summed E-state index contributed by atoms with van der Waals surface area (Å²) in [6.07, 6.45) is 4.41. The van der Waals surface area contributed by atoms with Crippen molar-refractivity contribution in [2.45, 2.75) is 38.5 Å². The van der Waals surface area contributed by atoms with Gasteiger partial charge >= 0.3 is 12.6 Å². The number of hydrogen-bond donors (Lipinski definition) is 2. The van der Waals surface area contributed by atoms with Crippen LogP contribution in [-0.4, -0.2) is 39.6 Å². The van der Waals surface area contributed by atoms with Crippen LogP contribution in [0.2, 0.25) is 0 Å². The Balaban J connectivity index is 1.45. The zero-order valence-electron chi connectivity index (χ0n) is 14.4. The van der Waals surface area contributed by atoms with Crippen molar-refractivity contribution in [3.63, 3.8) is 0 Å². The number of nitrogens with one attached hydrogen (secondary N) is 2. The molecule has 1 saturated heterocycles. The van der Waals surface area contributed by atoms with Gasteiger partial charge in [-0.2, -0.15) is 8.78 Å². The largest absolute Gasteiger partial charge is 0.334 e. The van der Waals surface area contributed by atoms with Crippen molar-refractivity contribution in [1.29, 1.82) is 0 Å². The van der Waals surface area contributed by atoms with Gasteiger partial charge < -0.3 is 10.6 Å². The molecule has 1 aromatic carbocycles. The molecule has 0 aliphatic carbocycles. The summed E-state index contributed by atoms with van der Waals surface area (Å²) in [5.41, 5.74) is 1.25. The second kappa shape index (κ2) is 8.75. The molecule has 0 bridgehead atoms. The second-order valence-electron chi connectivity index (χ2n) is 6.42. The van der Waals surface area contributed by atoms with Gasteiger partial charge in [0.2, 0.25) is 0 Å². The van der Waals surface area contributed by atoms with Gasteiger partial charge in [0, 0.05) is 31.5 Å². The third kappa shape index (κ3) is 5.01. The molecule has 0 radical (unpaired) electrons. The van der Waals surface area contributed by atoms with Crippen LogP contribution in [0.5, 0.6) is 0 Å². The maximum atomic E-state index is 12.8. The highest BCUT2D eigenvalue weighted by Crippen LogP contribution is 2.14. The lowest BCUT2D eigenvalue weighted by Gasteiger charge is -2.33. The number of nitrogens with zero attached hydrogens (tertiary/aromatic N) is 3. The van der Waals surface area contributed by atoms with Crippen LogP contribution in [0, 0.1) is 0 Å². The molecule has 2 amide bonds. The number of carbonyl (C=O) groups is 1. The minimum Gasteiger partial charge on any atom is -0.334 e. The third-order valence-corrected chi connectivity index (χ3v) is 4.46. The van der Waals surface area contributed by atoms with Crippen molar-refractivity contribution in [2.75, 3.05) is 13.1 Å². The van der Waals surface area contributed by atoms with E-state index in [1.54, 1.807) is 0 Å². The van der Waals surface area contributed by atoms with Crippen molar-refractivity contribution in [1.82, 2.24) is 25.1 Å². The molecule has 2 aromatic rings. The summed E-state index contributed by atoms with van der Waals surface area (Å²) in [6, 6.07) is 9.90. The van der Waals surface area contributed by atoms with E-state index >= 15 is 0 Å². The minimum absolute atomic E-state index is 0.0381. The molecule has 1 fully saturated rings. The highest BCUT2D eigenvalue weighted by atomic mass is 19.3. The highest BCUT2D eigenvalue weighted by Gasteiger charge is 2.21. The van der Waals surface area contributed by atoms with Gasteiger partial charge in [-0.25, -0.2) is 9.78 Å². The molecular formula is C18H23F2N5O. The number of halogens is 2. The summed E-state index contributed by atoms with van der Waals surface area (Å²) in [5, 5.41) is 5.54. The predicted octanol–water partition coefficient (Wildman–Crippen LogP) is 2.74. The molecule has 1 unspecified atom stereocenters. The normalized spacial score (nSPS) is 18.0. The average Bonchev–Trinajstić information content (AvgIpc) is 3.10. The summed E-state index contributed by atoms with van der Waals surface area (Å²) in [4.78, 5) is 18.2. The Morgan fingerprint density at radius 2 is 2.12 bits per heavy atom. The number of hydrogen-bond acceptors (Lipinski definition) is 3. The molecule has 1 aliphatic rings. The lowest BCUT2D eigenvalue weighted by atomic mass is 10.0. The molecule has 3 rings (SSSR count). The molecule has 1 aromatic heterocycles. The van der Waals surface area contributed by atoms with Crippen molar-refractivity contribution >= 4 is 6.03 Å². The Labute approximate surface area is 151 Å². The topological polar surface area (TPSA) is 62.2 Å². The Morgan fingerprint density at radius 1 is 1.31 bits per heavy atom. The highest BCUT2D eigenvalue weighted by molar-refractivity contribution is 5.74. The molecule has 8 heteroatoms. The molecule has 26 heavy (non-hydrogen) atoms. The molecule has 1 atom stereocenters. The van der Waals surface area contributed by atoms with Gasteiger partial charge in [0.05, 0.1) is 6.54 Å². The molecule has 1 aliphatic heterocycles.